The van der Waals surface area contributed by atoms with E-state index < -0.39 is 24.0 Å². The van der Waals surface area contributed by atoms with Gasteiger partial charge in [-0.25, -0.2) is 4.79 Å². The van der Waals surface area contributed by atoms with Crippen LogP contribution in [0.1, 0.15) is 42.5 Å². The normalized spacial score (nSPS) is 17.6. The molecule has 1 heterocycles. The number of benzene rings is 1. The molecule has 0 radical (unpaired) electrons. The first-order valence-electron chi connectivity index (χ1n) is 8.87. The predicted molar refractivity (Wildman–Crippen MR) is 95.0 cm³/mol. The molecule has 0 aromatic heterocycles. The van der Waals surface area contributed by atoms with Crippen molar-refractivity contribution in [2.75, 3.05) is 25.6 Å². The van der Waals surface area contributed by atoms with Gasteiger partial charge in [0.05, 0.1) is 17.3 Å². The number of ether oxygens (including phenoxy) is 2. The molecule has 1 aromatic carbocycles. The first kappa shape index (κ1) is 18.7. The minimum atomic E-state index is -0.820. The van der Waals surface area contributed by atoms with E-state index in [-0.39, 0.29) is 18.1 Å². The van der Waals surface area contributed by atoms with Crippen LogP contribution in [0.25, 0.3) is 0 Å². The van der Waals surface area contributed by atoms with Crippen LogP contribution in [0, 0.1) is 11.3 Å². The fraction of sp³-hybridized carbons (Fsp3) is 0.474. The van der Waals surface area contributed by atoms with E-state index in [0.29, 0.717) is 24.3 Å². The van der Waals surface area contributed by atoms with E-state index in [1.165, 1.54) is 17.0 Å². The number of fused-ring (bicyclic) bond motifs is 1. The van der Waals surface area contributed by atoms with E-state index in [0.717, 1.165) is 19.3 Å². The summed E-state index contributed by atoms with van der Waals surface area (Å²) < 4.78 is 10.4. The van der Waals surface area contributed by atoms with Gasteiger partial charge in [-0.15, -0.1) is 0 Å². The van der Waals surface area contributed by atoms with E-state index >= 15 is 0 Å². The summed E-state index contributed by atoms with van der Waals surface area (Å²) in [6.45, 7) is -0.557. The summed E-state index contributed by atoms with van der Waals surface area (Å²) >= 11 is 0. The molecule has 142 valence electrons. The van der Waals surface area contributed by atoms with Crippen molar-refractivity contribution >= 4 is 23.5 Å². The Morgan fingerprint density at radius 3 is 2.78 bits per heavy atom. The van der Waals surface area contributed by atoms with Crippen LogP contribution in [-0.4, -0.2) is 48.5 Å². The third kappa shape index (κ3) is 3.87. The van der Waals surface area contributed by atoms with Gasteiger partial charge in [0.15, 0.2) is 13.2 Å². The molecular formula is C19H21N3O5. The topological polar surface area (TPSA) is 109 Å². The number of likely N-dealkylation sites (N-methyl/N-ethyl adjacent to an activating group) is 1. The van der Waals surface area contributed by atoms with Gasteiger partial charge < -0.3 is 19.7 Å². The van der Waals surface area contributed by atoms with Crippen LogP contribution in [0.5, 0.6) is 5.75 Å². The van der Waals surface area contributed by atoms with E-state index in [1.807, 2.05) is 0 Å². The smallest absolute Gasteiger partial charge is 0.338 e. The Morgan fingerprint density at radius 2 is 2.07 bits per heavy atom. The van der Waals surface area contributed by atoms with E-state index in [9.17, 15) is 19.6 Å². The number of esters is 1. The molecular weight excluding hydrogens is 350 g/mol. The Labute approximate surface area is 157 Å². The maximum atomic E-state index is 12.4. The molecule has 1 N–H and O–H groups in total. The molecule has 0 bridgehead atoms. The molecule has 27 heavy (non-hydrogen) atoms. The molecule has 1 aromatic rings. The maximum absolute atomic E-state index is 12.4. The number of nitriles is 1. The van der Waals surface area contributed by atoms with Gasteiger partial charge in [-0.1, -0.05) is 19.3 Å². The molecule has 8 nitrogen and oxygen atoms in total. The summed E-state index contributed by atoms with van der Waals surface area (Å²) in [6.07, 6.45) is 4.12. The average Bonchev–Trinajstić information content (AvgIpc) is 2.71. The average molecular weight is 371 g/mol. The van der Waals surface area contributed by atoms with Gasteiger partial charge in [0, 0.05) is 7.05 Å². The highest BCUT2D eigenvalue weighted by atomic mass is 16.5. The van der Waals surface area contributed by atoms with Crippen LogP contribution in [0.15, 0.2) is 18.2 Å². The Morgan fingerprint density at radius 1 is 1.33 bits per heavy atom. The zero-order valence-electron chi connectivity index (χ0n) is 15.1. The van der Waals surface area contributed by atoms with Gasteiger partial charge in [0.2, 0.25) is 0 Å². The first-order valence-corrected chi connectivity index (χ1v) is 8.87. The van der Waals surface area contributed by atoms with Crippen LogP contribution in [0.2, 0.25) is 0 Å². The number of nitrogens with one attached hydrogen (secondary N) is 1. The van der Waals surface area contributed by atoms with Gasteiger partial charge in [-0.2, -0.15) is 5.26 Å². The number of hydrogen-bond acceptors (Lipinski definition) is 6. The third-order valence-electron chi connectivity index (χ3n) is 5.08. The number of nitrogens with zero attached hydrogens (tertiary/aromatic N) is 2. The highest BCUT2D eigenvalue weighted by molar-refractivity contribution is 5.97. The zero-order chi connectivity index (χ0) is 19.4. The lowest BCUT2D eigenvalue weighted by Gasteiger charge is -2.38. The second-order valence-corrected chi connectivity index (χ2v) is 6.78. The second-order valence-electron chi connectivity index (χ2n) is 6.78. The molecule has 0 saturated heterocycles. The van der Waals surface area contributed by atoms with Crippen molar-refractivity contribution in [3.8, 4) is 11.8 Å². The first-order chi connectivity index (χ1) is 12.9. The Hall–Kier alpha value is -3.08. The van der Waals surface area contributed by atoms with E-state index in [2.05, 4.69) is 11.4 Å². The lowest BCUT2D eigenvalue weighted by molar-refractivity contribution is -0.138. The summed E-state index contributed by atoms with van der Waals surface area (Å²) in [5, 5.41) is 12.2. The van der Waals surface area contributed by atoms with Crippen molar-refractivity contribution in [1.29, 1.82) is 5.26 Å². The van der Waals surface area contributed by atoms with Crippen molar-refractivity contribution in [2.24, 2.45) is 0 Å². The zero-order valence-corrected chi connectivity index (χ0v) is 15.1. The van der Waals surface area contributed by atoms with Gasteiger partial charge in [0.25, 0.3) is 11.8 Å². The molecule has 2 aliphatic rings. The number of rotatable bonds is 4. The molecule has 0 spiro atoms. The number of carbonyl (C=O) groups excluding carboxylic acids is 3. The van der Waals surface area contributed by atoms with Crippen molar-refractivity contribution in [2.45, 2.75) is 37.6 Å². The molecule has 2 amide bonds. The highest BCUT2D eigenvalue weighted by Crippen LogP contribution is 2.32. The van der Waals surface area contributed by atoms with Gasteiger partial charge >= 0.3 is 5.97 Å². The Balaban J connectivity index is 1.61. The molecule has 1 aliphatic heterocycles. The lowest BCUT2D eigenvalue weighted by atomic mass is 9.81. The molecule has 1 saturated carbocycles. The Kier molecular flexibility index (Phi) is 5.31. The van der Waals surface area contributed by atoms with Crippen LogP contribution in [0.4, 0.5) is 5.69 Å². The summed E-state index contributed by atoms with van der Waals surface area (Å²) in [4.78, 5) is 37.4. The highest BCUT2D eigenvalue weighted by Gasteiger charge is 2.39. The summed E-state index contributed by atoms with van der Waals surface area (Å²) in [7, 11) is 1.58. The summed E-state index contributed by atoms with van der Waals surface area (Å²) in [5.74, 6) is -0.971. The van der Waals surface area contributed by atoms with Crippen LogP contribution in [0.3, 0.4) is 0 Å². The van der Waals surface area contributed by atoms with Crippen molar-refractivity contribution in [3.05, 3.63) is 23.8 Å². The van der Waals surface area contributed by atoms with Gasteiger partial charge in [0.1, 0.15) is 11.3 Å². The molecule has 8 heteroatoms. The molecule has 0 atom stereocenters. The number of amides is 2. The maximum Gasteiger partial charge on any atom is 0.338 e. The van der Waals surface area contributed by atoms with E-state index in [4.69, 9.17) is 9.47 Å². The second kappa shape index (κ2) is 7.66. The van der Waals surface area contributed by atoms with Crippen molar-refractivity contribution < 1.29 is 23.9 Å². The molecule has 1 fully saturated rings. The quantitative estimate of drug-likeness (QED) is 0.809. The summed E-state index contributed by atoms with van der Waals surface area (Å²) in [6, 6.07) is 6.76. The lowest BCUT2D eigenvalue weighted by Crippen LogP contribution is -2.51. The molecule has 3 rings (SSSR count). The van der Waals surface area contributed by atoms with Crippen LogP contribution in [-0.2, 0) is 14.3 Å². The standard InChI is InChI=1S/C19H21N3O5/c1-22(19(12-20)7-3-2-4-8-19)17(24)11-27-18(25)13-5-6-14-15(9-13)26-10-16(23)21-14/h5-6,9H,2-4,7-8,10-11H2,1H3,(H,21,23). The van der Waals surface area contributed by atoms with Crippen LogP contribution >= 0.6 is 0 Å². The van der Waals surface area contributed by atoms with Gasteiger partial charge in [-0.3, -0.25) is 9.59 Å². The SMILES string of the molecule is CN(C(=O)COC(=O)c1ccc2c(c1)OCC(=O)N2)C1(C#N)CCCCC1. The van der Waals surface area contributed by atoms with Crippen LogP contribution < -0.4 is 10.1 Å². The minimum Gasteiger partial charge on any atom is -0.482 e. The number of anilines is 1. The predicted octanol–water partition coefficient (Wildman–Crippen LogP) is 1.86. The van der Waals surface area contributed by atoms with Gasteiger partial charge in [-0.05, 0) is 31.0 Å². The van der Waals surface area contributed by atoms with E-state index in [1.54, 1.807) is 13.1 Å². The largest absolute Gasteiger partial charge is 0.482 e. The van der Waals surface area contributed by atoms with Crippen molar-refractivity contribution in [3.63, 3.8) is 0 Å². The molecule has 0 unspecified atom stereocenters. The molecule has 1 aliphatic carbocycles. The third-order valence-corrected chi connectivity index (χ3v) is 5.08. The monoisotopic (exact) mass is 371 g/mol. The fourth-order valence-corrected chi connectivity index (χ4v) is 3.41. The van der Waals surface area contributed by atoms with Crippen molar-refractivity contribution in [1.82, 2.24) is 4.90 Å². The number of carbonyl (C=O) groups is 3. The minimum absolute atomic E-state index is 0.120. The number of hydrogen-bond donors (Lipinski definition) is 1. The fourth-order valence-electron chi connectivity index (χ4n) is 3.41. The summed E-state index contributed by atoms with van der Waals surface area (Å²) in [5.41, 5.74) is -0.125. The Bertz CT molecular complexity index is 808.